The number of benzene rings is 2. The summed E-state index contributed by atoms with van der Waals surface area (Å²) in [6, 6.07) is 13.8. The van der Waals surface area contributed by atoms with Crippen LogP contribution in [0.2, 0.25) is 0 Å². The van der Waals surface area contributed by atoms with Crippen LogP contribution in [0.3, 0.4) is 0 Å². The minimum absolute atomic E-state index is 0.0594. The standard InChI is InChI=1S/C21H20BrNO3S2/c1-3-26-17-12-15(11-16(22)19(17)25-2)13-18-20(24)23(21(27)28-18)10-9-14-7-5-4-6-8-14/h4-8,11-13H,3,9-10H2,1-2H3. The lowest BCUT2D eigenvalue weighted by Crippen LogP contribution is -2.30. The van der Waals surface area contributed by atoms with Gasteiger partial charge in [0.15, 0.2) is 11.5 Å². The van der Waals surface area contributed by atoms with Crippen LogP contribution in [0.15, 0.2) is 51.8 Å². The van der Waals surface area contributed by atoms with Gasteiger partial charge in [0.1, 0.15) is 4.32 Å². The zero-order valence-electron chi connectivity index (χ0n) is 15.6. The van der Waals surface area contributed by atoms with Crippen LogP contribution < -0.4 is 9.47 Å². The van der Waals surface area contributed by atoms with Gasteiger partial charge >= 0.3 is 0 Å². The van der Waals surface area contributed by atoms with Gasteiger partial charge in [-0.1, -0.05) is 54.3 Å². The van der Waals surface area contributed by atoms with Crippen molar-refractivity contribution in [1.29, 1.82) is 0 Å². The van der Waals surface area contributed by atoms with Gasteiger partial charge in [0, 0.05) is 6.54 Å². The lowest BCUT2D eigenvalue weighted by molar-refractivity contribution is -0.122. The highest BCUT2D eigenvalue weighted by Crippen LogP contribution is 2.39. The second-order valence-corrected chi connectivity index (χ2v) is 8.57. The second-order valence-electron chi connectivity index (χ2n) is 6.04. The number of methoxy groups -OCH3 is 1. The molecule has 0 unspecified atom stereocenters. The Hall–Kier alpha value is -1.83. The van der Waals surface area contributed by atoms with E-state index in [0.717, 1.165) is 16.5 Å². The molecule has 1 amide bonds. The monoisotopic (exact) mass is 477 g/mol. The average Bonchev–Trinajstić information content (AvgIpc) is 2.94. The molecule has 1 aliphatic heterocycles. The molecule has 2 aromatic carbocycles. The topological polar surface area (TPSA) is 38.8 Å². The molecule has 3 rings (SSSR count). The number of thiocarbonyl (C=S) groups is 1. The summed E-state index contributed by atoms with van der Waals surface area (Å²) in [5.41, 5.74) is 2.03. The molecular weight excluding hydrogens is 458 g/mol. The summed E-state index contributed by atoms with van der Waals surface area (Å²) in [5, 5.41) is 0. The van der Waals surface area contributed by atoms with Crippen molar-refractivity contribution in [3.8, 4) is 11.5 Å². The number of hydrogen-bond acceptors (Lipinski definition) is 5. The number of carbonyl (C=O) groups is 1. The summed E-state index contributed by atoms with van der Waals surface area (Å²) >= 11 is 10.3. The summed E-state index contributed by atoms with van der Waals surface area (Å²) in [6.45, 7) is 3.01. The third kappa shape index (κ3) is 4.77. The maximum Gasteiger partial charge on any atom is 0.266 e. The zero-order valence-corrected chi connectivity index (χ0v) is 18.8. The van der Waals surface area contributed by atoms with Gasteiger partial charge in [-0.2, -0.15) is 0 Å². The van der Waals surface area contributed by atoms with Crippen LogP contribution in [-0.4, -0.2) is 35.4 Å². The Kier molecular flexibility index (Phi) is 7.15. The number of rotatable bonds is 7. The highest BCUT2D eigenvalue weighted by molar-refractivity contribution is 9.10. The van der Waals surface area contributed by atoms with E-state index < -0.39 is 0 Å². The Morgan fingerprint density at radius 3 is 2.68 bits per heavy atom. The number of amides is 1. The summed E-state index contributed by atoms with van der Waals surface area (Å²) in [4.78, 5) is 15.1. The quantitative estimate of drug-likeness (QED) is 0.399. The van der Waals surface area contributed by atoms with E-state index >= 15 is 0 Å². The van der Waals surface area contributed by atoms with Gasteiger partial charge in [0.2, 0.25) is 0 Å². The van der Waals surface area contributed by atoms with E-state index in [1.165, 1.54) is 17.3 Å². The fourth-order valence-electron chi connectivity index (χ4n) is 2.86. The lowest BCUT2D eigenvalue weighted by Gasteiger charge is -2.14. The van der Waals surface area contributed by atoms with Crippen LogP contribution in [-0.2, 0) is 11.2 Å². The van der Waals surface area contributed by atoms with Crippen LogP contribution in [0.1, 0.15) is 18.1 Å². The maximum atomic E-state index is 12.8. The summed E-state index contributed by atoms with van der Waals surface area (Å²) in [7, 11) is 1.60. The summed E-state index contributed by atoms with van der Waals surface area (Å²) in [5.74, 6) is 1.20. The van der Waals surface area contributed by atoms with Crippen molar-refractivity contribution < 1.29 is 14.3 Å². The van der Waals surface area contributed by atoms with Crippen LogP contribution in [0, 0.1) is 0 Å². The van der Waals surface area contributed by atoms with Crippen LogP contribution in [0.5, 0.6) is 11.5 Å². The van der Waals surface area contributed by atoms with E-state index in [1.807, 2.05) is 43.3 Å². The first-order chi connectivity index (χ1) is 13.5. The fourth-order valence-corrected chi connectivity index (χ4v) is 4.79. The fraction of sp³-hybridized carbons (Fsp3) is 0.238. The van der Waals surface area contributed by atoms with E-state index in [4.69, 9.17) is 21.7 Å². The number of thioether (sulfide) groups is 1. The Morgan fingerprint density at radius 2 is 2.00 bits per heavy atom. The van der Waals surface area contributed by atoms with Crippen molar-refractivity contribution in [1.82, 2.24) is 4.90 Å². The molecule has 0 N–H and O–H groups in total. The molecule has 1 fully saturated rings. The van der Waals surface area contributed by atoms with E-state index in [2.05, 4.69) is 28.1 Å². The molecule has 0 aliphatic carbocycles. The molecule has 2 aromatic rings. The first kappa shape index (κ1) is 20.9. The third-order valence-electron chi connectivity index (χ3n) is 4.17. The number of carbonyl (C=O) groups excluding carboxylic acids is 1. The Morgan fingerprint density at radius 1 is 1.25 bits per heavy atom. The molecule has 1 aliphatic rings. The molecule has 7 heteroatoms. The molecule has 0 atom stereocenters. The molecule has 1 saturated heterocycles. The van der Waals surface area contributed by atoms with Crippen molar-refractivity contribution in [3.05, 3.63) is 63.0 Å². The minimum atomic E-state index is -0.0594. The number of hydrogen-bond donors (Lipinski definition) is 0. The predicted molar refractivity (Wildman–Crippen MR) is 122 cm³/mol. The van der Waals surface area contributed by atoms with Crippen molar-refractivity contribution in [2.45, 2.75) is 13.3 Å². The van der Waals surface area contributed by atoms with Gasteiger partial charge in [-0.3, -0.25) is 9.69 Å². The Bertz CT molecular complexity index is 915. The average molecular weight is 478 g/mol. The Labute approximate surface area is 183 Å². The minimum Gasteiger partial charge on any atom is -0.492 e. The Balaban J connectivity index is 1.79. The van der Waals surface area contributed by atoms with E-state index in [9.17, 15) is 4.79 Å². The normalized spacial score (nSPS) is 15.4. The molecule has 0 spiro atoms. The van der Waals surface area contributed by atoms with Crippen molar-refractivity contribution >= 4 is 56.2 Å². The molecule has 146 valence electrons. The molecule has 4 nitrogen and oxygen atoms in total. The smallest absolute Gasteiger partial charge is 0.266 e. The van der Waals surface area contributed by atoms with Crippen LogP contribution in [0.25, 0.3) is 6.08 Å². The van der Waals surface area contributed by atoms with Crippen molar-refractivity contribution in [3.63, 3.8) is 0 Å². The van der Waals surface area contributed by atoms with Gasteiger partial charge in [-0.25, -0.2) is 0 Å². The number of ether oxygens (including phenoxy) is 2. The van der Waals surface area contributed by atoms with Crippen molar-refractivity contribution in [2.75, 3.05) is 20.3 Å². The predicted octanol–water partition coefficient (Wildman–Crippen LogP) is 5.30. The van der Waals surface area contributed by atoms with Gasteiger partial charge in [0.25, 0.3) is 5.91 Å². The largest absolute Gasteiger partial charge is 0.492 e. The van der Waals surface area contributed by atoms with Gasteiger partial charge in [-0.05, 0) is 58.6 Å². The highest BCUT2D eigenvalue weighted by Gasteiger charge is 2.31. The molecule has 0 aromatic heterocycles. The van der Waals surface area contributed by atoms with Crippen LogP contribution in [0.4, 0.5) is 0 Å². The van der Waals surface area contributed by atoms with Gasteiger partial charge in [-0.15, -0.1) is 0 Å². The van der Waals surface area contributed by atoms with Gasteiger partial charge < -0.3 is 9.47 Å². The molecule has 1 heterocycles. The lowest BCUT2D eigenvalue weighted by atomic mass is 10.1. The molecule has 0 saturated carbocycles. The first-order valence-electron chi connectivity index (χ1n) is 8.83. The summed E-state index contributed by atoms with van der Waals surface area (Å²) in [6.07, 6.45) is 2.61. The van der Waals surface area contributed by atoms with Gasteiger partial charge in [0.05, 0.1) is 23.1 Å². The number of halogens is 1. The SMILES string of the molecule is CCOc1cc(C=C2SC(=S)N(CCc3ccccc3)C2=O)cc(Br)c1OC. The molecule has 0 radical (unpaired) electrons. The van der Waals surface area contributed by atoms with E-state index in [0.29, 0.717) is 33.9 Å². The first-order valence-corrected chi connectivity index (χ1v) is 10.8. The van der Waals surface area contributed by atoms with E-state index in [1.54, 1.807) is 12.0 Å². The second kappa shape index (κ2) is 9.58. The summed E-state index contributed by atoms with van der Waals surface area (Å²) < 4.78 is 12.4. The number of nitrogens with zero attached hydrogens (tertiary/aromatic N) is 1. The highest BCUT2D eigenvalue weighted by atomic mass is 79.9. The molecule has 28 heavy (non-hydrogen) atoms. The van der Waals surface area contributed by atoms with E-state index in [-0.39, 0.29) is 5.91 Å². The maximum absolute atomic E-state index is 12.8. The molecule has 0 bridgehead atoms. The zero-order chi connectivity index (χ0) is 20.1. The van der Waals surface area contributed by atoms with Crippen LogP contribution >= 0.6 is 39.9 Å². The molecular formula is C21H20BrNO3S2. The third-order valence-corrected chi connectivity index (χ3v) is 6.14. The van der Waals surface area contributed by atoms with Crippen molar-refractivity contribution in [2.24, 2.45) is 0 Å².